The first-order valence-electron chi connectivity index (χ1n) is 3.81. The van der Waals surface area contributed by atoms with Crippen molar-refractivity contribution >= 4 is 22.3 Å². The average molecular weight is 183 g/mol. The van der Waals surface area contributed by atoms with E-state index in [-0.39, 0.29) is 5.56 Å². The predicted molar refractivity (Wildman–Crippen MR) is 47.7 cm³/mol. The number of carboxylic acids is 1. The number of anilines is 1. The number of nitrogen functional groups attached to an aromatic ring is 1. The summed E-state index contributed by atoms with van der Waals surface area (Å²) in [6, 6.07) is 1.71. The molecule has 0 unspecified atom stereocenters. The predicted octanol–water partition coefficient (Wildman–Crippen LogP) is 1.91. The Labute approximate surface area is 73.8 Å². The number of rotatable bonds is 2. The van der Waals surface area contributed by atoms with E-state index in [1.807, 2.05) is 0 Å². The number of hydrogen-bond acceptors (Lipinski definition) is 3. The maximum absolute atomic E-state index is 10.6. The quantitative estimate of drug-likeness (QED) is 0.736. The van der Waals surface area contributed by atoms with Crippen LogP contribution in [0.1, 0.15) is 34.0 Å². The molecular weight excluding hydrogens is 174 g/mol. The first-order valence-corrected chi connectivity index (χ1v) is 4.62. The van der Waals surface area contributed by atoms with E-state index in [4.69, 9.17) is 10.8 Å². The molecule has 1 aromatic rings. The molecule has 1 aliphatic rings. The fourth-order valence-electron chi connectivity index (χ4n) is 1.16. The molecule has 0 amide bonds. The van der Waals surface area contributed by atoms with Crippen LogP contribution in [0.2, 0.25) is 0 Å². The van der Waals surface area contributed by atoms with Gasteiger partial charge < -0.3 is 10.8 Å². The smallest absolute Gasteiger partial charge is 0.338 e. The zero-order chi connectivity index (χ0) is 8.72. The van der Waals surface area contributed by atoms with Crippen LogP contribution in [0.15, 0.2) is 6.07 Å². The summed E-state index contributed by atoms with van der Waals surface area (Å²) in [4.78, 5) is 11.7. The van der Waals surface area contributed by atoms with Crippen LogP contribution in [-0.4, -0.2) is 11.1 Å². The third kappa shape index (κ3) is 1.18. The van der Waals surface area contributed by atoms with E-state index >= 15 is 0 Å². The molecule has 0 aliphatic heterocycles. The highest BCUT2D eigenvalue weighted by molar-refractivity contribution is 7.16. The Bertz CT molecular complexity index is 328. The van der Waals surface area contributed by atoms with Gasteiger partial charge in [-0.1, -0.05) is 0 Å². The average Bonchev–Trinajstić information content (AvgIpc) is 2.75. The Morgan fingerprint density at radius 3 is 2.75 bits per heavy atom. The zero-order valence-electron chi connectivity index (χ0n) is 6.41. The van der Waals surface area contributed by atoms with Crippen LogP contribution in [-0.2, 0) is 0 Å². The molecule has 1 fully saturated rings. The van der Waals surface area contributed by atoms with E-state index in [1.165, 1.54) is 24.2 Å². The van der Waals surface area contributed by atoms with Gasteiger partial charge >= 0.3 is 5.97 Å². The van der Waals surface area contributed by atoms with Gasteiger partial charge in [0.25, 0.3) is 0 Å². The van der Waals surface area contributed by atoms with Crippen LogP contribution < -0.4 is 5.73 Å². The van der Waals surface area contributed by atoms with Gasteiger partial charge in [-0.25, -0.2) is 4.79 Å². The third-order valence-electron chi connectivity index (χ3n) is 1.99. The molecule has 0 bridgehead atoms. The van der Waals surface area contributed by atoms with Gasteiger partial charge in [0.2, 0.25) is 0 Å². The van der Waals surface area contributed by atoms with Crippen molar-refractivity contribution in [1.29, 1.82) is 0 Å². The molecule has 2 rings (SSSR count). The molecular formula is C8H9NO2S. The monoisotopic (exact) mass is 183 g/mol. The maximum atomic E-state index is 10.6. The van der Waals surface area contributed by atoms with E-state index in [0.29, 0.717) is 10.9 Å². The summed E-state index contributed by atoms with van der Waals surface area (Å²) < 4.78 is 0. The fraction of sp³-hybridized carbons (Fsp3) is 0.375. The fourth-order valence-corrected chi connectivity index (χ4v) is 2.25. The molecule has 1 aromatic heterocycles. The summed E-state index contributed by atoms with van der Waals surface area (Å²) in [5.74, 6) is -0.332. The Morgan fingerprint density at radius 1 is 1.67 bits per heavy atom. The van der Waals surface area contributed by atoms with Gasteiger partial charge in [-0.15, -0.1) is 11.3 Å². The zero-order valence-corrected chi connectivity index (χ0v) is 7.23. The lowest BCUT2D eigenvalue weighted by molar-refractivity contribution is 0.0698. The third-order valence-corrected chi connectivity index (χ3v) is 3.12. The Morgan fingerprint density at radius 2 is 2.33 bits per heavy atom. The summed E-state index contributed by atoms with van der Waals surface area (Å²) in [5.41, 5.74) is 5.81. The van der Waals surface area contributed by atoms with E-state index in [9.17, 15) is 4.79 Å². The van der Waals surface area contributed by atoms with Gasteiger partial charge in [0.15, 0.2) is 0 Å². The van der Waals surface area contributed by atoms with Crippen LogP contribution in [0, 0.1) is 0 Å². The van der Waals surface area contributed by atoms with Crippen molar-refractivity contribution in [2.24, 2.45) is 0 Å². The van der Waals surface area contributed by atoms with Crippen molar-refractivity contribution in [1.82, 2.24) is 0 Å². The molecule has 64 valence electrons. The number of carboxylic acid groups (broad SMARTS) is 1. The van der Waals surface area contributed by atoms with E-state index in [2.05, 4.69) is 0 Å². The Balaban J connectivity index is 2.36. The van der Waals surface area contributed by atoms with Gasteiger partial charge in [-0.3, -0.25) is 0 Å². The molecule has 4 heteroatoms. The first kappa shape index (κ1) is 7.61. The Hall–Kier alpha value is -1.03. The first-order chi connectivity index (χ1) is 5.68. The molecule has 0 saturated heterocycles. The normalized spacial score (nSPS) is 16.3. The second-order valence-corrected chi connectivity index (χ2v) is 4.12. The van der Waals surface area contributed by atoms with Crippen molar-refractivity contribution in [2.45, 2.75) is 18.8 Å². The highest BCUT2D eigenvalue weighted by atomic mass is 32.1. The van der Waals surface area contributed by atoms with Crippen molar-refractivity contribution in [3.63, 3.8) is 0 Å². The summed E-state index contributed by atoms with van der Waals surface area (Å²) in [6.45, 7) is 0. The Kier molecular flexibility index (Phi) is 1.58. The lowest BCUT2D eigenvalue weighted by Gasteiger charge is -1.86. The summed E-state index contributed by atoms with van der Waals surface area (Å²) >= 11 is 1.41. The number of carbonyl (C=O) groups is 1. The minimum absolute atomic E-state index is 0.266. The lowest BCUT2D eigenvalue weighted by Crippen LogP contribution is -1.97. The van der Waals surface area contributed by atoms with Gasteiger partial charge in [-0.2, -0.15) is 0 Å². The summed E-state index contributed by atoms with van der Waals surface area (Å²) in [7, 11) is 0. The topological polar surface area (TPSA) is 63.3 Å². The van der Waals surface area contributed by atoms with E-state index in [1.54, 1.807) is 6.07 Å². The number of aromatic carboxylic acids is 1. The largest absolute Gasteiger partial charge is 0.478 e. The van der Waals surface area contributed by atoms with Gasteiger partial charge in [-0.05, 0) is 24.8 Å². The summed E-state index contributed by atoms with van der Waals surface area (Å²) in [5, 5.41) is 9.14. The standard InChI is InChI=1S/C8H9NO2S/c9-7-5(8(10)11)3-6(12-7)4-1-2-4/h3-4H,1-2,9H2,(H,10,11). The van der Waals surface area contributed by atoms with Crippen LogP contribution in [0.25, 0.3) is 0 Å². The molecule has 1 saturated carbocycles. The molecule has 1 aliphatic carbocycles. The second-order valence-electron chi connectivity index (χ2n) is 3.01. The number of thiophene rings is 1. The van der Waals surface area contributed by atoms with Crippen molar-refractivity contribution < 1.29 is 9.90 Å². The molecule has 0 radical (unpaired) electrons. The minimum Gasteiger partial charge on any atom is -0.478 e. The molecule has 0 spiro atoms. The van der Waals surface area contributed by atoms with E-state index < -0.39 is 5.97 Å². The maximum Gasteiger partial charge on any atom is 0.338 e. The van der Waals surface area contributed by atoms with E-state index in [0.717, 1.165) is 4.88 Å². The van der Waals surface area contributed by atoms with Crippen LogP contribution in [0.4, 0.5) is 5.00 Å². The lowest BCUT2D eigenvalue weighted by atomic mass is 10.2. The van der Waals surface area contributed by atoms with Gasteiger partial charge in [0.1, 0.15) is 5.00 Å². The summed E-state index contributed by atoms with van der Waals surface area (Å²) in [6.07, 6.45) is 2.36. The van der Waals surface area contributed by atoms with Gasteiger partial charge in [0.05, 0.1) is 5.56 Å². The molecule has 3 N–H and O–H groups in total. The van der Waals surface area contributed by atoms with Crippen LogP contribution in [0.3, 0.4) is 0 Å². The molecule has 12 heavy (non-hydrogen) atoms. The molecule has 1 heterocycles. The number of hydrogen-bond donors (Lipinski definition) is 2. The van der Waals surface area contributed by atoms with Gasteiger partial charge in [0, 0.05) is 4.88 Å². The second kappa shape index (κ2) is 2.48. The van der Waals surface area contributed by atoms with Crippen molar-refractivity contribution in [3.05, 3.63) is 16.5 Å². The van der Waals surface area contributed by atoms with Crippen molar-refractivity contribution in [2.75, 3.05) is 5.73 Å². The van der Waals surface area contributed by atoms with Crippen molar-refractivity contribution in [3.8, 4) is 0 Å². The molecule has 0 aromatic carbocycles. The highest BCUT2D eigenvalue weighted by Crippen LogP contribution is 2.45. The highest BCUT2D eigenvalue weighted by Gasteiger charge is 2.27. The SMILES string of the molecule is Nc1sc(C2CC2)cc1C(=O)O. The van der Waals surface area contributed by atoms with Crippen LogP contribution in [0.5, 0.6) is 0 Å². The molecule has 0 atom stereocenters. The molecule has 3 nitrogen and oxygen atoms in total. The minimum atomic E-state index is -0.921. The van der Waals surface area contributed by atoms with Crippen LogP contribution >= 0.6 is 11.3 Å². The number of nitrogens with two attached hydrogens (primary N) is 1.